The Bertz CT molecular complexity index is 573. The average molecular weight is 270 g/mol. The van der Waals surface area contributed by atoms with Gasteiger partial charge in [0.2, 0.25) is 5.88 Å². The highest BCUT2D eigenvalue weighted by Gasteiger charge is 2.14. The lowest BCUT2D eigenvalue weighted by molar-refractivity contribution is 0.451. The fourth-order valence-electron chi connectivity index (χ4n) is 1.98. The van der Waals surface area contributed by atoms with E-state index in [0.29, 0.717) is 5.88 Å². The Labute approximate surface area is 121 Å². The molecule has 1 aromatic heterocycles. The van der Waals surface area contributed by atoms with E-state index in [1.165, 1.54) is 5.56 Å². The summed E-state index contributed by atoms with van der Waals surface area (Å²) in [5.41, 5.74) is 2.41. The summed E-state index contributed by atoms with van der Waals surface area (Å²) in [6.45, 7) is 7.32. The van der Waals surface area contributed by atoms with Crippen molar-refractivity contribution < 1.29 is 4.74 Å². The predicted molar refractivity (Wildman–Crippen MR) is 82.2 cm³/mol. The van der Waals surface area contributed by atoms with Crippen molar-refractivity contribution in [3.63, 3.8) is 0 Å². The number of aromatic nitrogens is 1. The Kier molecular flexibility index (Phi) is 4.40. The molecule has 0 amide bonds. The zero-order valence-corrected chi connectivity index (χ0v) is 12.6. The number of nitrogens with one attached hydrogen (secondary N) is 1. The maximum Gasteiger partial charge on any atom is 0.223 e. The molecule has 0 radical (unpaired) electrons. The first-order chi connectivity index (χ1) is 9.50. The van der Waals surface area contributed by atoms with Crippen LogP contribution < -0.4 is 10.1 Å². The lowest BCUT2D eigenvalue weighted by Gasteiger charge is -2.19. The molecule has 0 aliphatic heterocycles. The van der Waals surface area contributed by atoms with Gasteiger partial charge >= 0.3 is 0 Å². The quantitative estimate of drug-likeness (QED) is 0.915. The molecule has 0 saturated heterocycles. The van der Waals surface area contributed by atoms with Gasteiger partial charge in [0.1, 0.15) is 5.75 Å². The van der Waals surface area contributed by atoms with Crippen LogP contribution in [0.1, 0.15) is 31.9 Å². The van der Waals surface area contributed by atoms with Crippen molar-refractivity contribution in [2.45, 2.75) is 32.7 Å². The van der Waals surface area contributed by atoms with Gasteiger partial charge in [-0.3, -0.25) is 0 Å². The van der Waals surface area contributed by atoms with E-state index >= 15 is 0 Å². The first-order valence-corrected chi connectivity index (χ1v) is 6.87. The van der Waals surface area contributed by atoms with E-state index in [-0.39, 0.29) is 5.41 Å². The minimum atomic E-state index is 0.108. The standard InChI is InChI=1S/C17H22N2O/c1-17(2,3)14-8-5-9-15(11-14)20-16-13(12-18-4)7-6-10-19-16/h5-11,18H,12H2,1-4H3. The summed E-state index contributed by atoms with van der Waals surface area (Å²) >= 11 is 0. The van der Waals surface area contributed by atoms with Crippen molar-refractivity contribution >= 4 is 0 Å². The molecule has 3 nitrogen and oxygen atoms in total. The van der Waals surface area contributed by atoms with E-state index in [2.05, 4.69) is 43.2 Å². The molecule has 0 unspecified atom stereocenters. The van der Waals surface area contributed by atoms with Gasteiger partial charge < -0.3 is 10.1 Å². The van der Waals surface area contributed by atoms with E-state index in [9.17, 15) is 0 Å². The minimum absolute atomic E-state index is 0.108. The molecule has 20 heavy (non-hydrogen) atoms. The van der Waals surface area contributed by atoms with Gasteiger partial charge in [0.05, 0.1) is 0 Å². The fraction of sp³-hybridized carbons (Fsp3) is 0.353. The SMILES string of the molecule is CNCc1cccnc1Oc1cccc(C(C)(C)C)c1. The third-order valence-electron chi connectivity index (χ3n) is 3.13. The van der Waals surface area contributed by atoms with Crippen molar-refractivity contribution in [1.29, 1.82) is 0 Å². The van der Waals surface area contributed by atoms with E-state index in [1.54, 1.807) is 6.20 Å². The summed E-state index contributed by atoms with van der Waals surface area (Å²) in [7, 11) is 1.91. The number of pyridine rings is 1. The molecular weight excluding hydrogens is 248 g/mol. The second-order valence-corrected chi connectivity index (χ2v) is 5.88. The fourth-order valence-corrected chi connectivity index (χ4v) is 1.98. The van der Waals surface area contributed by atoms with Crippen molar-refractivity contribution in [1.82, 2.24) is 10.3 Å². The largest absolute Gasteiger partial charge is 0.439 e. The zero-order valence-electron chi connectivity index (χ0n) is 12.6. The monoisotopic (exact) mass is 270 g/mol. The molecule has 0 spiro atoms. The molecule has 1 heterocycles. The second kappa shape index (κ2) is 6.06. The lowest BCUT2D eigenvalue weighted by Crippen LogP contribution is -2.11. The maximum atomic E-state index is 5.95. The molecule has 106 valence electrons. The minimum Gasteiger partial charge on any atom is -0.439 e. The van der Waals surface area contributed by atoms with Gasteiger partial charge in [-0.25, -0.2) is 4.98 Å². The Morgan fingerprint density at radius 1 is 1.15 bits per heavy atom. The molecule has 1 aromatic carbocycles. The van der Waals surface area contributed by atoms with E-state index < -0.39 is 0 Å². The molecule has 2 aromatic rings. The van der Waals surface area contributed by atoms with Crippen molar-refractivity contribution in [2.75, 3.05) is 7.05 Å². The van der Waals surface area contributed by atoms with Crippen LogP contribution in [-0.4, -0.2) is 12.0 Å². The van der Waals surface area contributed by atoms with Crippen LogP contribution in [0.4, 0.5) is 0 Å². The first kappa shape index (κ1) is 14.5. The third kappa shape index (κ3) is 3.58. The summed E-state index contributed by atoms with van der Waals surface area (Å²) in [6, 6.07) is 12.1. The molecular formula is C17H22N2O. The Balaban J connectivity index is 2.26. The molecule has 0 aliphatic rings. The average Bonchev–Trinajstić information content (AvgIpc) is 2.41. The summed E-state index contributed by atoms with van der Waals surface area (Å²) in [6.07, 6.45) is 1.75. The van der Waals surface area contributed by atoms with Crippen LogP contribution >= 0.6 is 0 Å². The molecule has 1 N–H and O–H groups in total. The number of nitrogens with zero attached hydrogens (tertiary/aromatic N) is 1. The number of benzene rings is 1. The van der Waals surface area contributed by atoms with Crippen LogP contribution in [0.25, 0.3) is 0 Å². The topological polar surface area (TPSA) is 34.2 Å². The Morgan fingerprint density at radius 2 is 1.95 bits per heavy atom. The highest BCUT2D eigenvalue weighted by atomic mass is 16.5. The van der Waals surface area contributed by atoms with Crippen LogP contribution in [0, 0.1) is 0 Å². The highest BCUT2D eigenvalue weighted by Crippen LogP contribution is 2.28. The summed E-state index contributed by atoms with van der Waals surface area (Å²) in [5.74, 6) is 1.49. The molecule has 3 heteroatoms. The van der Waals surface area contributed by atoms with E-state index in [0.717, 1.165) is 17.9 Å². The molecule has 0 aliphatic carbocycles. The van der Waals surface area contributed by atoms with Gasteiger partial charge in [0.15, 0.2) is 0 Å². The number of hydrogen-bond donors (Lipinski definition) is 1. The molecule has 0 atom stereocenters. The summed E-state index contributed by atoms with van der Waals surface area (Å²) < 4.78 is 5.95. The Hall–Kier alpha value is -1.87. The molecule has 0 bridgehead atoms. The van der Waals surface area contributed by atoms with Gasteiger partial charge in [-0.15, -0.1) is 0 Å². The highest BCUT2D eigenvalue weighted by molar-refractivity contribution is 5.36. The zero-order chi connectivity index (χ0) is 14.6. The summed E-state index contributed by atoms with van der Waals surface area (Å²) in [4.78, 5) is 4.32. The van der Waals surface area contributed by atoms with Crippen LogP contribution in [0.15, 0.2) is 42.6 Å². The van der Waals surface area contributed by atoms with Crippen LogP contribution in [0.3, 0.4) is 0 Å². The Morgan fingerprint density at radius 3 is 2.65 bits per heavy atom. The van der Waals surface area contributed by atoms with Gasteiger partial charge in [-0.2, -0.15) is 0 Å². The second-order valence-electron chi connectivity index (χ2n) is 5.88. The van der Waals surface area contributed by atoms with E-state index in [1.807, 2.05) is 31.3 Å². The molecule has 0 fully saturated rings. The van der Waals surface area contributed by atoms with Gasteiger partial charge in [-0.1, -0.05) is 39.0 Å². The number of ether oxygens (including phenoxy) is 1. The summed E-state index contributed by atoms with van der Waals surface area (Å²) in [5, 5.41) is 3.13. The predicted octanol–water partition coefficient (Wildman–Crippen LogP) is 3.89. The number of hydrogen-bond acceptors (Lipinski definition) is 3. The van der Waals surface area contributed by atoms with Crippen molar-refractivity contribution in [3.8, 4) is 11.6 Å². The molecule has 0 saturated carbocycles. The van der Waals surface area contributed by atoms with Crippen LogP contribution in [0.2, 0.25) is 0 Å². The first-order valence-electron chi connectivity index (χ1n) is 6.87. The smallest absolute Gasteiger partial charge is 0.223 e. The van der Waals surface area contributed by atoms with Gasteiger partial charge in [0.25, 0.3) is 0 Å². The van der Waals surface area contributed by atoms with E-state index in [4.69, 9.17) is 4.74 Å². The van der Waals surface area contributed by atoms with Crippen molar-refractivity contribution in [3.05, 3.63) is 53.7 Å². The van der Waals surface area contributed by atoms with Crippen LogP contribution in [0.5, 0.6) is 11.6 Å². The maximum absolute atomic E-state index is 5.95. The third-order valence-corrected chi connectivity index (χ3v) is 3.13. The van der Waals surface area contributed by atoms with Gasteiger partial charge in [0, 0.05) is 18.3 Å². The normalized spacial score (nSPS) is 11.4. The van der Waals surface area contributed by atoms with Crippen LogP contribution in [-0.2, 0) is 12.0 Å². The number of rotatable bonds is 4. The van der Waals surface area contributed by atoms with Gasteiger partial charge in [-0.05, 0) is 36.2 Å². The lowest BCUT2D eigenvalue weighted by atomic mass is 9.87. The van der Waals surface area contributed by atoms with Crippen molar-refractivity contribution in [2.24, 2.45) is 0 Å². The molecule has 2 rings (SSSR count).